The van der Waals surface area contributed by atoms with Gasteiger partial charge in [0.1, 0.15) is 5.82 Å². The van der Waals surface area contributed by atoms with Crippen LogP contribution in [0.5, 0.6) is 0 Å². The van der Waals surface area contributed by atoms with Gasteiger partial charge in [0, 0.05) is 36.4 Å². The highest BCUT2D eigenvalue weighted by Gasteiger charge is 2.27. The molecule has 1 aliphatic carbocycles. The molecule has 1 aromatic carbocycles. The first kappa shape index (κ1) is 12.5. The van der Waals surface area contributed by atoms with E-state index in [1.165, 1.54) is 29.9 Å². The van der Waals surface area contributed by atoms with Crippen molar-refractivity contribution in [1.82, 2.24) is 19.1 Å². The second-order valence-corrected chi connectivity index (χ2v) is 5.92. The minimum Gasteiger partial charge on any atom is -0.356 e. The average molecular weight is 297 g/mol. The van der Waals surface area contributed by atoms with Gasteiger partial charge in [-0.3, -0.25) is 0 Å². The fraction of sp³-hybridized carbons (Fsp3) is 0.267. The number of hydrogen-bond donors (Lipinski definition) is 1. The third-order valence-electron chi connectivity index (χ3n) is 3.56. The summed E-state index contributed by atoms with van der Waals surface area (Å²) in [5, 5.41) is 8.57. The van der Waals surface area contributed by atoms with Crippen LogP contribution in [0, 0.1) is 0 Å². The number of rotatable bonds is 5. The van der Waals surface area contributed by atoms with Crippen LogP contribution in [0.15, 0.2) is 42.7 Å². The molecule has 0 aliphatic heterocycles. The van der Waals surface area contributed by atoms with E-state index in [9.17, 15) is 0 Å². The standard InChI is InChI=1S/C15H15N5S/c1-2-5-13(20-9-3-8-17-20)12(4-1)10-16-15-18-14(19-21-15)11-6-7-11/h1-5,8-9,11H,6-7,10H2,(H,16,18,19). The Morgan fingerprint density at radius 2 is 2.14 bits per heavy atom. The van der Waals surface area contributed by atoms with Gasteiger partial charge in [-0.15, -0.1) is 0 Å². The molecule has 0 atom stereocenters. The number of nitrogens with zero attached hydrogens (tertiary/aromatic N) is 4. The smallest absolute Gasteiger partial charge is 0.202 e. The molecule has 2 heterocycles. The summed E-state index contributed by atoms with van der Waals surface area (Å²) in [6, 6.07) is 10.2. The number of anilines is 1. The molecule has 21 heavy (non-hydrogen) atoms. The Morgan fingerprint density at radius 1 is 1.24 bits per heavy atom. The van der Waals surface area contributed by atoms with Gasteiger partial charge < -0.3 is 5.32 Å². The maximum Gasteiger partial charge on any atom is 0.202 e. The highest BCUT2D eigenvalue weighted by molar-refractivity contribution is 7.09. The van der Waals surface area contributed by atoms with Crippen molar-refractivity contribution >= 4 is 16.7 Å². The maximum atomic E-state index is 4.55. The lowest BCUT2D eigenvalue weighted by Gasteiger charge is -2.09. The predicted octanol–water partition coefficient (Wildman–Crippen LogP) is 3.21. The Labute approximate surface area is 126 Å². The van der Waals surface area contributed by atoms with Crippen LogP contribution < -0.4 is 5.32 Å². The summed E-state index contributed by atoms with van der Waals surface area (Å²) in [7, 11) is 0. The van der Waals surface area contributed by atoms with Gasteiger partial charge in [-0.05, 0) is 30.5 Å². The molecule has 0 amide bonds. The zero-order chi connectivity index (χ0) is 14.1. The highest BCUT2D eigenvalue weighted by atomic mass is 32.1. The summed E-state index contributed by atoms with van der Waals surface area (Å²) >= 11 is 1.45. The minimum atomic E-state index is 0.605. The first-order valence-corrected chi connectivity index (χ1v) is 7.83. The zero-order valence-corrected chi connectivity index (χ0v) is 12.3. The van der Waals surface area contributed by atoms with E-state index in [0.717, 1.165) is 23.2 Å². The Kier molecular flexibility index (Phi) is 3.16. The zero-order valence-electron chi connectivity index (χ0n) is 11.4. The molecular formula is C15H15N5S. The second-order valence-electron chi connectivity index (χ2n) is 5.16. The third kappa shape index (κ3) is 2.67. The minimum absolute atomic E-state index is 0.605. The molecule has 4 rings (SSSR count). The number of para-hydroxylation sites is 1. The van der Waals surface area contributed by atoms with Crippen LogP contribution in [0.3, 0.4) is 0 Å². The Balaban J connectivity index is 1.51. The molecule has 3 aromatic rings. The van der Waals surface area contributed by atoms with Crippen molar-refractivity contribution < 1.29 is 0 Å². The fourth-order valence-corrected chi connectivity index (χ4v) is 2.92. The molecule has 0 unspecified atom stereocenters. The first-order valence-electron chi connectivity index (χ1n) is 7.05. The number of aromatic nitrogens is 4. The van der Waals surface area contributed by atoms with Gasteiger partial charge in [0.2, 0.25) is 5.13 Å². The average Bonchev–Trinajstić information content (AvgIpc) is 3.04. The summed E-state index contributed by atoms with van der Waals surface area (Å²) in [4.78, 5) is 4.55. The van der Waals surface area contributed by atoms with Crippen molar-refractivity contribution in [2.24, 2.45) is 0 Å². The van der Waals surface area contributed by atoms with Gasteiger partial charge >= 0.3 is 0 Å². The normalized spacial score (nSPS) is 14.3. The van der Waals surface area contributed by atoms with E-state index in [1.807, 2.05) is 29.1 Å². The third-order valence-corrected chi connectivity index (χ3v) is 4.24. The maximum absolute atomic E-state index is 4.55. The van der Waals surface area contributed by atoms with E-state index in [2.05, 4.69) is 31.9 Å². The van der Waals surface area contributed by atoms with E-state index in [-0.39, 0.29) is 0 Å². The van der Waals surface area contributed by atoms with Crippen LogP contribution in [-0.4, -0.2) is 19.1 Å². The SMILES string of the molecule is c1ccc(-n2cccn2)c(CNc2nc(C3CC3)ns2)c1. The monoisotopic (exact) mass is 297 g/mol. The Morgan fingerprint density at radius 3 is 2.95 bits per heavy atom. The molecule has 0 saturated heterocycles. The highest BCUT2D eigenvalue weighted by Crippen LogP contribution is 2.39. The molecule has 1 saturated carbocycles. The molecule has 1 aliphatic rings. The summed E-state index contributed by atoms with van der Waals surface area (Å²) in [5.74, 6) is 1.61. The van der Waals surface area contributed by atoms with Gasteiger partial charge in [0.05, 0.1) is 5.69 Å². The topological polar surface area (TPSA) is 55.6 Å². The lowest BCUT2D eigenvalue weighted by Crippen LogP contribution is -2.05. The molecule has 0 bridgehead atoms. The van der Waals surface area contributed by atoms with Gasteiger partial charge in [0.25, 0.3) is 0 Å². The summed E-state index contributed by atoms with van der Waals surface area (Å²) in [5.41, 5.74) is 2.27. The predicted molar refractivity (Wildman–Crippen MR) is 82.8 cm³/mol. The van der Waals surface area contributed by atoms with E-state index in [1.54, 1.807) is 6.20 Å². The number of hydrogen-bond acceptors (Lipinski definition) is 5. The summed E-state index contributed by atoms with van der Waals surface area (Å²) in [6.07, 6.45) is 6.21. The largest absolute Gasteiger partial charge is 0.356 e. The van der Waals surface area contributed by atoms with Crippen molar-refractivity contribution in [3.8, 4) is 5.69 Å². The number of benzene rings is 1. The van der Waals surface area contributed by atoms with Gasteiger partial charge in [0.15, 0.2) is 0 Å². The van der Waals surface area contributed by atoms with E-state index < -0.39 is 0 Å². The lowest BCUT2D eigenvalue weighted by atomic mass is 10.2. The quantitative estimate of drug-likeness (QED) is 0.785. The molecule has 1 fully saturated rings. The molecule has 5 nitrogen and oxygen atoms in total. The molecular weight excluding hydrogens is 282 g/mol. The van der Waals surface area contributed by atoms with Gasteiger partial charge in [-0.2, -0.15) is 9.47 Å². The van der Waals surface area contributed by atoms with Crippen LogP contribution in [0.25, 0.3) is 5.69 Å². The van der Waals surface area contributed by atoms with Crippen molar-refractivity contribution in [2.45, 2.75) is 25.3 Å². The summed E-state index contributed by atoms with van der Waals surface area (Å²) in [6.45, 7) is 0.718. The van der Waals surface area contributed by atoms with Crippen LogP contribution in [0.4, 0.5) is 5.13 Å². The van der Waals surface area contributed by atoms with Gasteiger partial charge in [-0.1, -0.05) is 18.2 Å². The van der Waals surface area contributed by atoms with Crippen LogP contribution >= 0.6 is 11.5 Å². The van der Waals surface area contributed by atoms with Crippen molar-refractivity contribution in [2.75, 3.05) is 5.32 Å². The van der Waals surface area contributed by atoms with Crippen molar-refractivity contribution in [3.05, 3.63) is 54.1 Å². The van der Waals surface area contributed by atoms with E-state index in [0.29, 0.717) is 5.92 Å². The van der Waals surface area contributed by atoms with Crippen LogP contribution in [-0.2, 0) is 6.54 Å². The second kappa shape index (κ2) is 5.29. The lowest BCUT2D eigenvalue weighted by molar-refractivity contribution is 0.863. The van der Waals surface area contributed by atoms with Crippen molar-refractivity contribution in [1.29, 1.82) is 0 Å². The molecule has 1 N–H and O–H groups in total. The summed E-state index contributed by atoms with van der Waals surface area (Å²) < 4.78 is 6.29. The molecule has 0 spiro atoms. The van der Waals surface area contributed by atoms with Gasteiger partial charge in [-0.25, -0.2) is 9.67 Å². The van der Waals surface area contributed by atoms with Crippen LogP contribution in [0.1, 0.15) is 30.1 Å². The Hall–Kier alpha value is -2.21. The van der Waals surface area contributed by atoms with Crippen molar-refractivity contribution in [3.63, 3.8) is 0 Å². The van der Waals surface area contributed by atoms with E-state index >= 15 is 0 Å². The number of nitrogens with one attached hydrogen (secondary N) is 1. The van der Waals surface area contributed by atoms with E-state index in [4.69, 9.17) is 0 Å². The molecule has 106 valence electrons. The molecule has 6 heteroatoms. The molecule has 0 radical (unpaired) electrons. The fourth-order valence-electron chi connectivity index (χ4n) is 2.28. The molecule has 2 aromatic heterocycles. The Bertz CT molecular complexity index is 730. The first-order chi connectivity index (χ1) is 10.4. The van der Waals surface area contributed by atoms with Crippen LogP contribution in [0.2, 0.25) is 0 Å².